The van der Waals surface area contributed by atoms with Gasteiger partial charge in [-0.2, -0.15) is 0 Å². The van der Waals surface area contributed by atoms with Crippen LogP contribution < -0.4 is 19.3 Å². The standard InChI is InChI=1S/2C22H17F4NO/c2*1-28-18-3-4-19-13(8-18)6-7-27(17-10-15(24)9-16(25)11-17)22(19)20-12-14(23)2-5-21(20)26/h2*2-5,8-12,22H,6-7H2,1H3/t2*22-/m00/s1. The number of hydrogen-bond donors (Lipinski definition) is 0. The fourth-order valence-corrected chi connectivity index (χ4v) is 7.55. The zero-order valence-electron chi connectivity index (χ0n) is 30.1. The van der Waals surface area contributed by atoms with Crippen LogP contribution in [0.5, 0.6) is 11.5 Å². The van der Waals surface area contributed by atoms with Crippen LogP contribution in [0.25, 0.3) is 0 Å². The molecule has 2 aliphatic heterocycles. The number of anilines is 2. The second kappa shape index (κ2) is 16.0. The van der Waals surface area contributed by atoms with Gasteiger partial charge in [0.05, 0.1) is 26.3 Å². The van der Waals surface area contributed by atoms with E-state index in [9.17, 15) is 35.1 Å². The molecule has 0 saturated carbocycles. The zero-order chi connectivity index (χ0) is 39.7. The maximum Gasteiger partial charge on any atom is 0.129 e. The van der Waals surface area contributed by atoms with Gasteiger partial charge in [-0.05, 0) is 120 Å². The Balaban J connectivity index is 0.000000172. The summed E-state index contributed by atoms with van der Waals surface area (Å²) in [5.74, 6) is -3.94. The molecule has 12 heteroatoms. The minimum absolute atomic E-state index is 0.107. The lowest BCUT2D eigenvalue weighted by Crippen LogP contribution is -2.37. The Morgan fingerprint density at radius 1 is 0.411 bits per heavy atom. The predicted octanol–water partition coefficient (Wildman–Crippen LogP) is 10.8. The number of halogens is 8. The summed E-state index contributed by atoms with van der Waals surface area (Å²) in [6.07, 6.45) is 1.14. The van der Waals surface area contributed by atoms with E-state index in [-0.39, 0.29) is 22.5 Å². The van der Waals surface area contributed by atoms with Crippen molar-refractivity contribution >= 4 is 11.4 Å². The van der Waals surface area contributed by atoms with Crippen molar-refractivity contribution in [2.75, 3.05) is 37.1 Å². The molecule has 0 bridgehead atoms. The van der Waals surface area contributed by atoms with Crippen LogP contribution in [0.4, 0.5) is 46.5 Å². The molecule has 2 aliphatic rings. The van der Waals surface area contributed by atoms with Crippen molar-refractivity contribution in [3.05, 3.63) is 189 Å². The van der Waals surface area contributed by atoms with Crippen molar-refractivity contribution in [3.63, 3.8) is 0 Å². The fourth-order valence-electron chi connectivity index (χ4n) is 7.55. The highest BCUT2D eigenvalue weighted by atomic mass is 19.2. The molecule has 56 heavy (non-hydrogen) atoms. The Morgan fingerprint density at radius 2 is 0.786 bits per heavy atom. The van der Waals surface area contributed by atoms with Crippen LogP contribution in [-0.2, 0) is 12.8 Å². The second-order valence-corrected chi connectivity index (χ2v) is 13.4. The van der Waals surface area contributed by atoms with Gasteiger partial charge in [0.15, 0.2) is 0 Å². The summed E-state index contributed by atoms with van der Waals surface area (Å²) in [7, 11) is 3.10. The first-order chi connectivity index (χ1) is 26.9. The van der Waals surface area contributed by atoms with Gasteiger partial charge >= 0.3 is 0 Å². The van der Waals surface area contributed by atoms with E-state index in [0.717, 1.165) is 70.8 Å². The molecule has 0 amide bonds. The molecule has 0 N–H and O–H groups in total. The number of nitrogens with zero attached hydrogens (tertiary/aromatic N) is 2. The molecule has 6 aromatic carbocycles. The number of hydrogen-bond acceptors (Lipinski definition) is 4. The Hall–Kier alpha value is -6.04. The van der Waals surface area contributed by atoms with E-state index in [1.54, 1.807) is 48.3 Å². The lowest BCUT2D eigenvalue weighted by Gasteiger charge is -2.39. The van der Waals surface area contributed by atoms with Gasteiger partial charge in [0.1, 0.15) is 58.0 Å². The largest absolute Gasteiger partial charge is 0.497 e. The second-order valence-electron chi connectivity index (χ2n) is 13.4. The van der Waals surface area contributed by atoms with E-state index in [1.165, 1.54) is 24.3 Å². The third-order valence-corrected chi connectivity index (χ3v) is 10.0. The van der Waals surface area contributed by atoms with E-state index < -0.39 is 58.6 Å². The summed E-state index contributed by atoms with van der Waals surface area (Å²) in [4.78, 5) is 3.39. The number of fused-ring (bicyclic) bond motifs is 2. The van der Waals surface area contributed by atoms with Crippen molar-refractivity contribution in [1.82, 2.24) is 0 Å². The maximum atomic E-state index is 14.7. The van der Waals surface area contributed by atoms with Gasteiger partial charge in [0.25, 0.3) is 0 Å². The van der Waals surface area contributed by atoms with Gasteiger partial charge < -0.3 is 19.3 Å². The molecule has 8 rings (SSSR count). The van der Waals surface area contributed by atoms with E-state index in [2.05, 4.69) is 0 Å². The van der Waals surface area contributed by atoms with Crippen LogP contribution in [0.15, 0.2) is 109 Å². The van der Waals surface area contributed by atoms with Gasteiger partial charge in [-0.1, -0.05) is 12.1 Å². The van der Waals surface area contributed by atoms with Crippen LogP contribution in [0, 0.1) is 46.5 Å². The monoisotopic (exact) mass is 774 g/mol. The Bertz CT molecular complexity index is 2200. The highest BCUT2D eigenvalue weighted by Crippen LogP contribution is 2.42. The highest BCUT2D eigenvalue weighted by Gasteiger charge is 2.34. The third-order valence-electron chi connectivity index (χ3n) is 10.0. The first kappa shape index (κ1) is 38.2. The van der Waals surface area contributed by atoms with Crippen molar-refractivity contribution in [2.24, 2.45) is 0 Å². The van der Waals surface area contributed by atoms with E-state index >= 15 is 0 Å². The summed E-state index contributed by atoms with van der Waals surface area (Å²) in [5, 5.41) is 0. The molecular weight excluding hydrogens is 740 g/mol. The van der Waals surface area contributed by atoms with Crippen molar-refractivity contribution in [3.8, 4) is 11.5 Å². The molecular formula is C44H34F8N2O2. The van der Waals surface area contributed by atoms with E-state index in [0.29, 0.717) is 37.4 Å². The molecule has 0 fully saturated rings. The summed E-state index contributed by atoms with van der Waals surface area (Å²) in [6.45, 7) is 0.757. The van der Waals surface area contributed by atoms with Gasteiger partial charge in [-0.3, -0.25) is 0 Å². The highest BCUT2D eigenvalue weighted by molar-refractivity contribution is 5.59. The SMILES string of the molecule is COc1ccc2c(c1)CCN(c1cc(F)cc(F)c1)[C@@H]2c1cc(F)ccc1F.COc1ccc2c(c1)CCN(c1cc(F)cc(F)c1)[C@@H]2c1cc(F)ccc1F. The van der Waals surface area contributed by atoms with Crippen molar-refractivity contribution in [1.29, 1.82) is 0 Å². The van der Waals surface area contributed by atoms with Gasteiger partial charge in [-0.25, -0.2) is 35.1 Å². The van der Waals surface area contributed by atoms with Crippen molar-refractivity contribution < 1.29 is 44.6 Å². The molecule has 6 aromatic rings. The molecule has 288 valence electrons. The fraction of sp³-hybridized carbons (Fsp3) is 0.182. The third kappa shape index (κ3) is 7.87. The van der Waals surface area contributed by atoms with Crippen LogP contribution in [0.3, 0.4) is 0 Å². The Labute approximate surface area is 318 Å². The minimum Gasteiger partial charge on any atom is -0.497 e. The number of benzene rings is 6. The molecule has 0 radical (unpaired) electrons. The summed E-state index contributed by atoms with van der Waals surface area (Å²) in [6, 6.07) is 22.1. The predicted molar refractivity (Wildman–Crippen MR) is 197 cm³/mol. The summed E-state index contributed by atoms with van der Waals surface area (Å²) >= 11 is 0. The molecule has 0 unspecified atom stereocenters. The number of ether oxygens (including phenoxy) is 2. The van der Waals surface area contributed by atoms with Gasteiger partial charge in [0, 0.05) is 47.7 Å². The molecule has 2 heterocycles. The lowest BCUT2D eigenvalue weighted by molar-refractivity contribution is 0.413. The minimum atomic E-state index is -0.730. The number of rotatable bonds is 6. The summed E-state index contributed by atoms with van der Waals surface area (Å²) < 4.78 is 123. The van der Waals surface area contributed by atoms with Crippen LogP contribution in [-0.4, -0.2) is 27.3 Å². The van der Waals surface area contributed by atoms with Crippen LogP contribution in [0.2, 0.25) is 0 Å². The molecule has 0 saturated heterocycles. The Morgan fingerprint density at radius 3 is 1.14 bits per heavy atom. The normalized spacial score (nSPS) is 16.0. The van der Waals surface area contributed by atoms with Crippen LogP contribution in [0.1, 0.15) is 45.5 Å². The molecule has 0 aromatic heterocycles. The average Bonchev–Trinajstić information content (AvgIpc) is 3.18. The molecule has 2 atom stereocenters. The van der Waals surface area contributed by atoms with Crippen molar-refractivity contribution in [2.45, 2.75) is 24.9 Å². The molecule has 0 spiro atoms. The molecule has 0 aliphatic carbocycles. The van der Waals surface area contributed by atoms with E-state index in [1.807, 2.05) is 12.1 Å². The quantitative estimate of drug-likeness (QED) is 0.157. The smallest absolute Gasteiger partial charge is 0.129 e. The van der Waals surface area contributed by atoms with Gasteiger partial charge in [0.2, 0.25) is 0 Å². The topological polar surface area (TPSA) is 24.9 Å². The van der Waals surface area contributed by atoms with Crippen LogP contribution >= 0.6 is 0 Å². The average molecular weight is 775 g/mol. The maximum absolute atomic E-state index is 14.7. The first-order valence-corrected chi connectivity index (χ1v) is 17.6. The van der Waals surface area contributed by atoms with E-state index in [4.69, 9.17) is 9.47 Å². The summed E-state index contributed by atoms with van der Waals surface area (Å²) in [5.41, 5.74) is 4.07. The Kier molecular flexibility index (Phi) is 10.9. The molecule has 4 nitrogen and oxygen atoms in total. The number of methoxy groups -OCH3 is 2. The van der Waals surface area contributed by atoms with Gasteiger partial charge in [-0.15, -0.1) is 0 Å². The lowest BCUT2D eigenvalue weighted by atomic mass is 9.87. The zero-order valence-corrected chi connectivity index (χ0v) is 30.1. The first-order valence-electron chi connectivity index (χ1n) is 17.6.